The SMILES string of the molecule is C=CC(=O)Nc1cc(N=C(N)/C=C(\NN)N2OCC[C@@H]2c2ccc(Cl)c(Cl)c2F)c(OC)cc1N1CCC(N(C)C)C1. The molecule has 2 heterocycles. The van der Waals surface area contributed by atoms with E-state index in [-0.39, 0.29) is 33.2 Å². The van der Waals surface area contributed by atoms with E-state index in [0.29, 0.717) is 36.2 Å². The number of carbonyl (C=O) groups excluding carboxylic acids is 1. The van der Waals surface area contributed by atoms with Crippen LogP contribution in [0.2, 0.25) is 10.0 Å². The summed E-state index contributed by atoms with van der Waals surface area (Å²) in [5.41, 5.74) is 10.9. The number of amides is 1. The lowest BCUT2D eigenvalue weighted by Gasteiger charge is -2.27. The first-order valence-corrected chi connectivity index (χ1v) is 14.0. The number of nitrogens with one attached hydrogen (secondary N) is 2. The number of hydrogen-bond donors (Lipinski definition) is 4. The quantitative estimate of drug-likeness (QED) is 0.0774. The molecule has 0 aromatic heterocycles. The van der Waals surface area contributed by atoms with Crippen LogP contribution in [0.5, 0.6) is 5.75 Å². The number of nitrogens with zero attached hydrogens (tertiary/aromatic N) is 4. The van der Waals surface area contributed by atoms with E-state index < -0.39 is 11.9 Å². The molecule has 42 heavy (non-hydrogen) atoms. The normalized spacial score (nSPS) is 19.4. The molecule has 6 N–H and O–H groups in total. The highest BCUT2D eigenvalue weighted by Crippen LogP contribution is 2.41. The van der Waals surface area contributed by atoms with E-state index in [9.17, 15) is 9.18 Å². The third-order valence-electron chi connectivity index (χ3n) is 7.22. The minimum atomic E-state index is -0.642. The van der Waals surface area contributed by atoms with E-state index >= 15 is 0 Å². The summed E-state index contributed by atoms with van der Waals surface area (Å²) in [4.78, 5) is 27.0. The van der Waals surface area contributed by atoms with Gasteiger partial charge in [0, 0.05) is 43.3 Å². The molecular formula is C28H35Cl2FN8O3. The maximum absolute atomic E-state index is 15.0. The lowest BCUT2D eigenvalue weighted by molar-refractivity contribution is -0.111. The van der Waals surface area contributed by atoms with Crippen LogP contribution >= 0.6 is 23.2 Å². The van der Waals surface area contributed by atoms with Gasteiger partial charge in [0.05, 0.1) is 41.2 Å². The van der Waals surface area contributed by atoms with Crippen LogP contribution in [-0.4, -0.2) is 68.6 Å². The van der Waals surface area contributed by atoms with Crippen molar-refractivity contribution in [2.75, 3.05) is 51.1 Å². The van der Waals surface area contributed by atoms with E-state index in [1.54, 1.807) is 12.1 Å². The van der Waals surface area contributed by atoms with Gasteiger partial charge in [-0.2, -0.15) is 0 Å². The summed E-state index contributed by atoms with van der Waals surface area (Å²) in [5.74, 6) is 5.52. The van der Waals surface area contributed by atoms with E-state index in [1.807, 2.05) is 20.2 Å². The molecular weight excluding hydrogens is 586 g/mol. The average Bonchev–Trinajstić information content (AvgIpc) is 3.65. The highest BCUT2D eigenvalue weighted by atomic mass is 35.5. The molecule has 0 saturated carbocycles. The van der Waals surface area contributed by atoms with Crippen molar-refractivity contribution in [1.82, 2.24) is 15.4 Å². The average molecular weight is 622 g/mol. The summed E-state index contributed by atoms with van der Waals surface area (Å²) < 4.78 is 20.6. The number of likely N-dealkylation sites (N-methyl/N-ethyl adjacent to an activating group) is 1. The minimum Gasteiger partial charge on any atom is -0.494 e. The van der Waals surface area contributed by atoms with Crippen LogP contribution in [0.25, 0.3) is 0 Å². The van der Waals surface area contributed by atoms with Crippen molar-refractivity contribution in [1.29, 1.82) is 0 Å². The summed E-state index contributed by atoms with van der Waals surface area (Å²) in [6.45, 7) is 5.44. The van der Waals surface area contributed by atoms with Crippen molar-refractivity contribution in [3.63, 3.8) is 0 Å². The van der Waals surface area contributed by atoms with Crippen LogP contribution in [-0.2, 0) is 9.63 Å². The topological polar surface area (TPSA) is 134 Å². The number of ether oxygens (including phenoxy) is 1. The van der Waals surface area contributed by atoms with Crippen LogP contribution in [0.3, 0.4) is 0 Å². The van der Waals surface area contributed by atoms with Crippen molar-refractivity contribution >= 4 is 52.0 Å². The molecule has 4 rings (SSSR count). The molecule has 0 spiro atoms. The van der Waals surface area contributed by atoms with Gasteiger partial charge in [0.15, 0.2) is 0 Å². The predicted molar refractivity (Wildman–Crippen MR) is 164 cm³/mol. The highest BCUT2D eigenvalue weighted by molar-refractivity contribution is 6.42. The molecule has 1 amide bonds. The zero-order valence-corrected chi connectivity index (χ0v) is 25.2. The summed E-state index contributed by atoms with van der Waals surface area (Å²) >= 11 is 12.0. The number of amidine groups is 1. The van der Waals surface area contributed by atoms with Gasteiger partial charge in [0.2, 0.25) is 5.91 Å². The van der Waals surface area contributed by atoms with E-state index in [0.717, 1.165) is 25.2 Å². The number of nitrogens with two attached hydrogens (primary N) is 2. The lowest BCUT2D eigenvalue weighted by Crippen LogP contribution is -2.36. The Kier molecular flexibility index (Phi) is 10.2. The highest BCUT2D eigenvalue weighted by Gasteiger charge is 2.33. The lowest BCUT2D eigenvalue weighted by atomic mass is 10.0. The van der Waals surface area contributed by atoms with E-state index in [2.05, 4.69) is 32.1 Å². The number of benzene rings is 2. The predicted octanol–water partition coefficient (Wildman–Crippen LogP) is 4.08. The Morgan fingerprint density at radius 3 is 2.71 bits per heavy atom. The van der Waals surface area contributed by atoms with Gasteiger partial charge >= 0.3 is 0 Å². The van der Waals surface area contributed by atoms with Crippen molar-refractivity contribution in [3.8, 4) is 5.75 Å². The standard InChI is InChI=1S/C28H35Cl2FN8O3/c1-5-26(40)35-19-12-20(23(41-4)13-22(19)38-10-8-16(15-38)37(2)3)34-24(32)14-25(36-33)39-21(9-11-42-39)17-6-7-18(29)27(30)28(17)31/h5-7,12-14,16,21,36H,1,8-11,15,33H2,2-4H3,(H2,32,34)(H,35,40)/b25-14+/t16?,21-/m1/s1. The van der Waals surface area contributed by atoms with Gasteiger partial charge in [0.25, 0.3) is 0 Å². The third-order valence-corrected chi connectivity index (χ3v) is 8.00. The molecule has 2 aliphatic rings. The number of rotatable bonds is 10. The summed E-state index contributed by atoms with van der Waals surface area (Å²) in [6, 6.07) is 6.39. The van der Waals surface area contributed by atoms with Gasteiger partial charge in [-0.15, -0.1) is 0 Å². The second-order valence-corrected chi connectivity index (χ2v) is 10.8. The largest absolute Gasteiger partial charge is 0.494 e. The number of methoxy groups -OCH3 is 1. The first kappa shape index (κ1) is 31.4. The number of carbonyl (C=O) groups is 1. The molecule has 2 fully saturated rings. The molecule has 11 nitrogen and oxygen atoms in total. The Balaban J connectivity index is 1.68. The number of hydrazine groups is 1. The fourth-order valence-corrected chi connectivity index (χ4v) is 5.32. The third kappa shape index (κ3) is 6.74. The van der Waals surface area contributed by atoms with Gasteiger partial charge < -0.3 is 31.0 Å². The second kappa shape index (κ2) is 13.6. The molecule has 2 aliphatic heterocycles. The Labute approximate surface area is 254 Å². The maximum Gasteiger partial charge on any atom is 0.247 e. The number of anilines is 2. The number of aliphatic imine (C=N–C) groups is 1. The van der Waals surface area contributed by atoms with Crippen molar-refractivity contribution < 1.29 is 18.8 Å². The molecule has 226 valence electrons. The molecule has 1 unspecified atom stereocenters. The van der Waals surface area contributed by atoms with E-state index in [1.165, 1.54) is 30.4 Å². The van der Waals surface area contributed by atoms with Crippen LogP contribution in [0.15, 0.2) is 53.8 Å². The Hall–Kier alpha value is -3.55. The van der Waals surface area contributed by atoms with E-state index in [4.69, 9.17) is 44.4 Å². The zero-order chi connectivity index (χ0) is 30.6. The number of halogens is 3. The number of hydrogen-bond acceptors (Lipinski definition) is 9. The molecule has 0 radical (unpaired) electrons. The first-order valence-electron chi connectivity index (χ1n) is 13.2. The molecule has 0 bridgehead atoms. The van der Waals surface area contributed by atoms with Crippen molar-refractivity contribution in [2.24, 2.45) is 16.6 Å². The molecule has 14 heteroatoms. The summed E-state index contributed by atoms with van der Waals surface area (Å²) in [6.07, 6.45) is 4.08. The fourth-order valence-electron chi connectivity index (χ4n) is 5.00. The summed E-state index contributed by atoms with van der Waals surface area (Å²) in [5, 5.41) is 4.22. The van der Waals surface area contributed by atoms with Gasteiger partial charge in [0.1, 0.15) is 28.9 Å². The monoisotopic (exact) mass is 620 g/mol. The minimum absolute atomic E-state index is 0.0349. The van der Waals surface area contributed by atoms with Gasteiger partial charge in [-0.1, -0.05) is 35.8 Å². The van der Waals surface area contributed by atoms with Crippen LogP contribution in [0.1, 0.15) is 24.4 Å². The van der Waals surface area contributed by atoms with Gasteiger partial charge in [-0.3, -0.25) is 9.63 Å². The molecule has 2 aromatic carbocycles. The summed E-state index contributed by atoms with van der Waals surface area (Å²) in [7, 11) is 5.62. The second-order valence-electron chi connectivity index (χ2n) is 10.0. The van der Waals surface area contributed by atoms with Gasteiger partial charge in [-0.25, -0.2) is 20.3 Å². The molecule has 2 atom stereocenters. The van der Waals surface area contributed by atoms with Crippen LogP contribution in [0, 0.1) is 5.82 Å². The molecule has 2 saturated heterocycles. The first-order chi connectivity index (χ1) is 20.1. The van der Waals surface area contributed by atoms with Gasteiger partial charge in [-0.05, 0) is 38.7 Å². The number of hydroxylamine groups is 2. The maximum atomic E-state index is 15.0. The molecule has 2 aromatic rings. The van der Waals surface area contributed by atoms with Crippen LogP contribution < -0.4 is 32.0 Å². The van der Waals surface area contributed by atoms with Crippen LogP contribution in [0.4, 0.5) is 21.5 Å². The zero-order valence-electron chi connectivity index (χ0n) is 23.7. The van der Waals surface area contributed by atoms with Crippen molar-refractivity contribution in [2.45, 2.75) is 24.9 Å². The van der Waals surface area contributed by atoms with Crippen molar-refractivity contribution in [3.05, 3.63) is 70.2 Å². The molecule has 0 aliphatic carbocycles. The fraction of sp³-hybridized carbons (Fsp3) is 0.357. The Bertz CT molecular complexity index is 1400. The Morgan fingerprint density at radius 2 is 2.07 bits per heavy atom. The Morgan fingerprint density at radius 1 is 1.31 bits per heavy atom. The smallest absolute Gasteiger partial charge is 0.247 e.